The van der Waals surface area contributed by atoms with Gasteiger partial charge in [0, 0.05) is 23.3 Å². The van der Waals surface area contributed by atoms with Crippen LogP contribution in [-0.4, -0.2) is 27.6 Å². The first-order valence-corrected chi connectivity index (χ1v) is 5.94. The van der Waals surface area contributed by atoms with Gasteiger partial charge in [0.2, 0.25) is 0 Å². The lowest BCUT2D eigenvalue weighted by Gasteiger charge is -2.07. The molecule has 2 aromatic heterocycles. The minimum Gasteiger partial charge on any atom is -0.464 e. The van der Waals surface area contributed by atoms with Gasteiger partial charge in [0.25, 0.3) is 0 Å². The number of fused-ring (bicyclic) bond motifs is 1. The zero-order valence-corrected chi connectivity index (χ0v) is 10.5. The lowest BCUT2D eigenvalue weighted by molar-refractivity contribution is 0.0589. The molecule has 0 saturated heterocycles. The fourth-order valence-electron chi connectivity index (χ4n) is 2.19. The second-order valence-corrected chi connectivity index (χ2v) is 4.20. The van der Waals surface area contributed by atoms with E-state index >= 15 is 0 Å². The number of ether oxygens (including phenoxy) is 1. The molecule has 0 spiro atoms. The molecule has 96 valence electrons. The lowest BCUT2D eigenvalue weighted by Crippen LogP contribution is -2.12. The first-order chi connectivity index (χ1) is 9.29. The molecule has 0 bridgehead atoms. The standard InChI is InChI=1S/C14H13N3O2/c1-19-14(18)12-8-10-4-2-3-5-11(10)17(12)9-13-15-6-7-16-13/h2-8H,9H2,1H3,(H,15,16). The molecule has 19 heavy (non-hydrogen) atoms. The summed E-state index contributed by atoms with van der Waals surface area (Å²) in [7, 11) is 1.39. The molecule has 3 aromatic rings. The molecule has 0 aliphatic rings. The Labute approximate surface area is 109 Å². The minimum absolute atomic E-state index is 0.345. The van der Waals surface area contributed by atoms with E-state index in [4.69, 9.17) is 4.74 Å². The monoisotopic (exact) mass is 255 g/mol. The Bertz CT molecular complexity index is 713. The van der Waals surface area contributed by atoms with Gasteiger partial charge in [-0.2, -0.15) is 0 Å². The first kappa shape index (κ1) is 11.5. The summed E-state index contributed by atoms with van der Waals surface area (Å²) in [6.07, 6.45) is 3.46. The number of methoxy groups -OCH3 is 1. The molecule has 5 nitrogen and oxygen atoms in total. The highest BCUT2D eigenvalue weighted by Crippen LogP contribution is 2.21. The molecule has 0 unspecified atom stereocenters. The Morgan fingerprint density at radius 2 is 2.26 bits per heavy atom. The average Bonchev–Trinajstić information content (AvgIpc) is 3.07. The Kier molecular flexibility index (Phi) is 2.79. The van der Waals surface area contributed by atoms with Crippen LogP contribution in [0.3, 0.4) is 0 Å². The Balaban J connectivity index is 2.15. The molecule has 2 heterocycles. The Hall–Kier alpha value is -2.56. The van der Waals surface area contributed by atoms with Crippen molar-refractivity contribution in [2.75, 3.05) is 7.11 Å². The largest absolute Gasteiger partial charge is 0.464 e. The number of aromatic nitrogens is 3. The van der Waals surface area contributed by atoms with Gasteiger partial charge in [-0.3, -0.25) is 0 Å². The number of nitrogens with one attached hydrogen (secondary N) is 1. The number of carbonyl (C=O) groups is 1. The van der Waals surface area contributed by atoms with Gasteiger partial charge in [0.1, 0.15) is 11.5 Å². The van der Waals surface area contributed by atoms with E-state index in [0.29, 0.717) is 12.2 Å². The van der Waals surface area contributed by atoms with Crippen molar-refractivity contribution in [3.8, 4) is 0 Å². The molecule has 0 atom stereocenters. The van der Waals surface area contributed by atoms with Gasteiger partial charge < -0.3 is 14.3 Å². The number of carbonyl (C=O) groups excluding carboxylic acids is 1. The fourth-order valence-corrected chi connectivity index (χ4v) is 2.19. The van der Waals surface area contributed by atoms with E-state index in [1.807, 2.05) is 34.9 Å². The summed E-state index contributed by atoms with van der Waals surface area (Å²) in [4.78, 5) is 19.1. The van der Waals surface area contributed by atoms with Crippen LogP contribution in [0, 0.1) is 0 Å². The van der Waals surface area contributed by atoms with Crippen molar-refractivity contribution >= 4 is 16.9 Å². The van der Waals surface area contributed by atoms with Crippen molar-refractivity contribution in [1.29, 1.82) is 0 Å². The Morgan fingerprint density at radius 1 is 1.42 bits per heavy atom. The molecule has 0 aliphatic heterocycles. The lowest BCUT2D eigenvalue weighted by atomic mass is 10.2. The number of imidazole rings is 1. The SMILES string of the molecule is COC(=O)c1cc2ccccc2n1Cc1ncc[nH]1. The molecule has 0 radical (unpaired) electrons. The van der Waals surface area contributed by atoms with Crippen LogP contribution in [0.2, 0.25) is 0 Å². The molecular weight excluding hydrogens is 242 g/mol. The van der Waals surface area contributed by atoms with Gasteiger partial charge >= 0.3 is 5.97 Å². The summed E-state index contributed by atoms with van der Waals surface area (Å²) in [5.41, 5.74) is 1.51. The van der Waals surface area contributed by atoms with E-state index in [9.17, 15) is 4.79 Å². The van der Waals surface area contributed by atoms with Gasteiger partial charge in [0.15, 0.2) is 0 Å². The van der Waals surface area contributed by atoms with E-state index in [1.165, 1.54) is 7.11 Å². The number of hydrogen-bond acceptors (Lipinski definition) is 3. The van der Waals surface area contributed by atoms with Crippen LogP contribution in [-0.2, 0) is 11.3 Å². The smallest absolute Gasteiger partial charge is 0.354 e. The minimum atomic E-state index is -0.345. The highest BCUT2D eigenvalue weighted by molar-refractivity contribution is 5.95. The summed E-state index contributed by atoms with van der Waals surface area (Å²) in [6, 6.07) is 9.68. The van der Waals surface area contributed by atoms with E-state index < -0.39 is 0 Å². The number of aromatic amines is 1. The molecule has 5 heteroatoms. The third kappa shape index (κ3) is 1.99. The molecular formula is C14H13N3O2. The maximum Gasteiger partial charge on any atom is 0.354 e. The first-order valence-electron chi connectivity index (χ1n) is 5.94. The summed E-state index contributed by atoms with van der Waals surface area (Å²) in [6.45, 7) is 0.505. The van der Waals surface area contributed by atoms with Gasteiger partial charge in [-0.05, 0) is 12.1 Å². The molecule has 0 saturated carbocycles. The molecule has 1 N–H and O–H groups in total. The third-order valence-corrected chi connectivity index (χ3v) is 3.07. The summed E-state index contributed by atoms with van der Waals surface area (Å²) >= 11 is 0. The molecule has 0 amide bonds. The number of benzene rings is 1. The summed E-state index contributed by atoms with van der Waals surface area (Å²) < 4.78 is 6.74. The van der Waals surface area contributed by atoms with Crippen LogP contribution in [0.1, 0.15) is 16.3 Å². The number of rotatable bonds is 3. The van der Waals surface area contributed by atoms with E-state index in [2.05, 4.69) is 9.97 Å². The van der Waals surface area contributed by atoms with Crippen LogP contribution in [0.15, 0.2) is 42.7 Å². The van der Waals surface area contributed by atoms with Crippen molar-refractivity contribution < 1.29 is 9.53 Å². The fraction of sp³-hybridized carbons (Fsp3) is 0.143. The predicted octanol–water partition coefficient (Wildman–Crippen LogP) is 2.20. The van der Waals surface area contributed by atoms with Crippen molar-refractivity contribution in [3.63, 3.8) is 0 Å². The van der Waals surface area contributed by atoms with Crippen molar-refractivity contribution in [2.45, 2.75) is 6.54 Å². The second-order valence-electron chi connectivity index (χ2n) is 4.20. The van der Waals surface area contributed by atoms with Gasteiger partial charge in [-0.1, -0.05) is 18.2 Å². The quantitative estimate of drug-likeness (QED) is 0.730. The number of H-pyrrole nitrogens is 1. The van der Waals surface area contributed by atoms with Gasteiger partial charge in [-0.15, -0.1) is 0 Å². The predicted molar refractivity (Wildman–Crippen MR) is 71.0 cm³/mol. The van der Waals surface area contributed by atoms with Crippen LogP contribution < -0.4 is 0 Å². The highest BCUT2D eigenvalue weighted by Gasteiger charge is 2.16. The maximum atomic E-state index is 11.9. The van der Waals surface area contributed by atoms with Crippen LogP contribution >= 0.6 is 0 Å². The topological polar surface area (TPSA) is 59.9 Å². The second kappa shape index (κ2) is 4.61. The van der Waals surface area contributed by atoms with E-state index in [0.717, 1.165) is 16.7 Å². The van der Waals surface area contributed by atoms with Gasteiger partial charge in [0.05, 0.1) is 13.7 Å². The molecule has 1 aromatic carbocycles. The number of esters is 1. The van der Waals surface area contributed by atoms with Crippen molar-refractivity contribution in [3.05, 3.63) is 54.2 Å². The maximum absolute atomic E-state index is 11.9. The Morgan fingerprint density at radius 3 is 3.00 bits per heavy atom. The summed E-state index contributed by atoms with van der Waals surface area (Å²) in [5, 5.41) is 1.01. The van der Waals surface area contributed by atoms with E-state index in [-0.39, 0.29) is 5.97 Å². The normalized spacial score (nSPS) is 10.8. The zero-order valence-electron chi connectivity index (χ0n) is 10.5. The molecule has 0 fully saturated rings. The number of nitrogens with zero attached hydrogens (tertiary/aromatic N) is 2. The number of hydrogen-bond donors (Lipinski definition) is 1. The third-order valence-electron chi connectivity index (χ3n) is 3.07. The molecule has 0 aliphatic carbocycles. The molecule has 3 rings (SSSR count). The summed E-state index contributed by atoms with van der Waals surface area (Å²) in [5.74, 6) is 0.453. The zero-order chi connectivity index (χ0) is 13.2. The number of para-hydroxylation sites is 1. The average molecular weight is 255 g/mol. The van der Waals surface area contributed by atoms with Crippen LogP contribution in [0.5, 0.6) is 0 Å². The van der Waals surface area contributed by atoms with Crippen LogP contribution in [0.25, 0.3) is 10.9 Å². The van der Waals surface area contributed by atoms with Crippen LogP contribution in [0.4, 0.5) is 0 Å². The van der Waals surface area contributed by atoms with Crippen molar-refractivity contribution in [2.24, 2.45) is 0 Å². The van der Waals surface area contributed by atoms with Gasteiger partial charge in [-0.25, -0.2) is 9.78 Å². The van der Waals surface area contributed by atoms with Crippen molar-refractivity contribution in [1.82, 2.24) is 14.5 Å². The van der Waals surface area contributed by atoms with E-state index in [1.54, 1.807) is 12.4 Å². The highest BCUT2D eigenvalue weighted by atomic mass is 16.5.